The Bertz CT molecular complexity index is 666. The van der Waals surface area contributed by atoms with Gasteiger partial charge in [0.05, 0.1) is 16.8 Å². The fraction of sp³-hybridized carbons (Fsp3) is 0.533. The predicted octanol–water partition coefficient (Wildman–Crippen LogP) is 3.74. The number of ketones is 1. The molecule has 0 saturated heterocycles. The first kappa shape index (κ1) is 13.5. The largest absolute Gasteiger partial charge is 0.293 e. The molecule has 0 bridgehead atoms. The van der Waals surface area contributed by atoms with Crippen LogP contribution in [-0.4, -0.2) is 20.5 Å². The van der Waals surface area contributed by atoms with Crippen LogP contribution in [0.1, 0.15) is 55.5 Å². The van der Waals surface area contributed by atoms with Crippen molar-refractivity contribution in [2.24, 2.45) is 5.41 Å². The summed E-state index contributed by atoms with van der Waals surface area (Å²) in [7, 11) is 0. The van der Waals surface area contributed by atoms with Crippen LogP contribution in [0.4, 0.5) is 0 Å². The van der Waals surface area contributed by atoms with Gasteiger partial charge in [0.1, 0.15) is 5.01 Å². The number of fused-ring (bicyclic) bond motifs is 1. The Balaban J connectivity index is 1.99. The standard InChI is InChI=1S/C15H19N3OS/c1-9(2)18-8-10(7-16-18)14-17-11-5-15(3,4)6-12(19)13(11)20-14/h7-9H,5-6H2,1-4H3. The van der Waals surface area contributed by atoms with Crippen molar-refractivity contribution in [2.75, 3.05) is 0 Å². The van der Waals surface area contributed by atoms with Crippen LogP contribution >= 0.6 is 11.3 Å². The van der Waals surface area contributed by atoms with Gasteiger partial charge in [-0.3, -0.25) is 9.48 Å². The summed E-state index contributed by atoms with van der Waals surface area (Å²) in [4.78, 5) is 17.7. The van der Waals surface area contributed by atoms with Gasteiger partial charge < -0.3 is 0 Å². The molecule has 0 aliphatic heterocycles. The quantitative estimate of drug-likeness (QED) is 0.846. The second-order valence-electron chi connectivity index (χ2n) is 6.54. The van der Waals surface area contributed by atoms with Crippen LogP contribution in [0.25, 0.3) is 10.6 Å². The van der Waals surface area contributed by atoms with E-state index in [1.54, 1.807) is 0 Å². The van der Waals surface area contributed by atoms with Crippen molar-refractivity contribution in [1.29, 1.82) is 0 Å². The topological polar surface area (TPSA) is 47.8 Å². The minimum atomic E-state index is 0.0253. The SMILES string of the molecule is CC(C)n1cc(-c2nc3c(s2)C(=O)CC(C)(C)C3)cn1. The van der Waals surface area contributed by atoms with E-state index in [1.165, 1.54) is 11.3 Å². The number of thiazole rings is 1. The lowest BCUT2D eigenvalue weighted by molar-refractivity contribution is 0.0916. The molecule has 0 amide bonds. The molecule has 2 aromatic heterocycles. The lowest BCUT2D eigenvalue weighted by Gasteiger charge is -2.26. The Kier molecular flexibility index (Phi) is 3.05. The maximum absolute atomic E-state index is 12.2. The number of hydrogen-bond acceptors (Lipinski definition) is 4. The molecule has 0 spiro atoms. The van der Waals surface area contributed by atoms with E-state index in [0.29, 0.717) is 12.5 Å². The average Bonchev–Trinajstić information content (AvgIpc) is 2.91. The normalized spacial score (nSPS) is 17.6. The van der Waals surface area contributed by atoms with Gasteiger partial charge in [-0.25, -0.2) is 4.98 Å². The van der Waals surface area contributed by atoms with Gasteiger partial charge in [-0.15, -0.1) is 11.3 Å². The summed E-state index contributed by atoms with van der Waals surface area (Å²) in [5.41, 5.74) is 1.99. The molecule has 0 fully saturated rings. The van der Waals surface area contributed by atoms with Crippen LogP contribution in [0, 0.1) is 5.41 Å². The lowest BCUT2D eigenvalue weighted by atomic mass is 9.78. The molecule has 3 rings (SSSR count). The van der Waals surface area contributed by atoms with Crippen LogP contribution < -0.4 is 0 Å². The van der Waals surface area contributed by atoms with Crippen molar-refractivity contribution in [2.45, 2.75) is 46.6 Å². The van der Waals surface area contributed by atoms with Crippen LogP contribution in [0.2, 0.25) is 0 Å². The molecule has 0 aromatic carbocycles. The third-order valence-corrected chi connectivity index (χ3v) is 4.80. The summed E-state index contributed by atoms with van der Waals surface area (Å²) >= 11 is 1.51. The summed E-state index contributed by atoms with van der Waals surface area (Å²) in [6.45, 7) is 8.44. The van der Waals surface area contributed by atoms with E-state index in [-0.39, 0.29) is 11.2 Å². The molecule has 0 saturated carbocycles. The number of nitrogens with zero attached hydrogens (tertiary/aromatic N) is 3. The Morgan fingerprint density at radius 3 is 2.75 bits per heavy atom. The monoisotopic (exact) mass is 289 g/mol. The maximum Gasteiger partial charge on any atom is 0.175 e. The van der Waals surface area contributed by atoms with E-state index in [9.17, 15) is 4.79 Å². The minimum absolute atomic E-state index is 0.0253. The number of carbonyl (C=O) groups excluding carboxylic acids is 1. The fourth-order valence-electron chi connectivity index (χ4n) is 2.57. The zero-order chi connectivity index (χ0) is 14.5. The maximum atomic E-state index is 12.2. The van der Waals surface area contributed by atoms with E-state index in [2.05, 4.69) is 37.8 Å². The second-order valence-corrected chi connectivity index (χ2v) is 7.54. The highest BCUT2D eigenvalue weighted by Gasteiger charge is 2.34. The Morgan fingerprint density at radius 2 is 2.10 bits per heavy atom. The predicted molar refractivity (Wildman–Crippen MR) is 80.2 cm³/mol. The van der Waals surface area contributed by atoms with Gasteiger partial charge in [0.2, 0.25) is 0 Å². The molecule has 4 nitrogen and oxygen atoms in total. The van der Waals surface area contributed by atoms with Crippen molar-refractivity contribution in [1.82, 2.24) is 14.8 Å². The Hall–Kier alpha value is -1.49. The molecule has 5 heteroatoms. The van der Waals surface area contributed by atoms with Gasteiger partial charge in [-0.1, -0.05) is 13.8 Å². The minimum Gasteiger partial charge on any atom is -0.293 e. The van der Waals surface area contributed by atoms with E-state index in [1.807, 2.05) is 17.1 Å². The van der Waals surface area contributed by atoms with Crippen LogP contribution in [0.3, 0.4) is 0 Å². The first-order valence-corrected chi connectivity index (χ1v) is 7.75. The first-order chi connectivity index (χ1) is 9.35. The number of hydrogen-bond donors (Lipinski definition) is 0. The number of rotatable bonds is 2. The molecule has 1 aliphatic carbocycles. The van der Waals surface area contributed by atoms with Gasteiger partial charge >= 0.3 is 0 Å². The highest BCUT2D eigenvalue weighted by molar-refractivity contribution is 7.17. The Labute approximate surface area is 122 Å². The lowest BCUT2D eigenvalue weighted by Crippen LogP contribution is -2.25. The number of aromatic nitrogens is 3. The summed E-state index contributed by atoms with van der Waals surface area (Å²) in [6, 6.07) is 0.332. The molecule has 1 aliphatic rings. The molecular weight excluding hydrogens is 270 g/mol. The number of carbonyl (C=O) groups is 1. The van der Waals surface area contributed by atoms with Crippen molar-refractivity contribution in [3.63, 3.8) is 0 Å². The molecular formula is C15H19N3OS. The zero-order valence-corrected chi connectivity index (χ0v) is 13.1. The summed E-state index contributed by atoms with van der Waals surface area (Å²) in [6.07, 6.45) is 5.33. The molecule has 0 unspecified atom stereocenters. The van der Waals surface area contributed by atoms with E-state index >= 15 is 0 Å². The summed E-state index contributed by atoms with van der Waals surface area (Å²) in [5.74, 6) is 0.233. The van der Waals surface area contributed by atoms with Gasteiger partial charge in [-0.05, 0) is 25.7 Å². The third-order valence-electron chi connectivity index (χ3n) is 3.61. The van der Waals surface area contributed by atoms with Gasteiger partial charge in [0, 0.05) is 24.2 Å². The molecule has 106 valence electrons. The second kappa shape index (κ2) is 4.52. The van der Waals surface area contributed by atoms with Crippen molar-refractivity contribution in [3.05, 3.63) is 23.0 Å². The average molecular weight is 289 g/mol. The summed E-state index contributed by atoms with van der Waals surface area (Å²) < 4.78 is 1.92. The van der Waals surface area contributed by atoms with Gasteiger partial charge in [0.25, 0.3) is 0 Å². The summed E-state index contributed by atoms with van der Waals surface area (Å²) in [5, 5.41) is 5.25. The molecule has 0 atom stereocenters. The number of Topliss-reactive ketones (excluding diaryl/α,β-unsaturated/α-hetero) is 1. The third kappa shape index (κ3) is 2.30. The Morgan fingerprint density at radius 1 is 1.35 bits per heavy atom. The fourth-order valence-corrected chi connectivity index (χ4v) is 3.57. The molecule has 0 N–H and O–H groups in total. The first-order valence-electron chi connectivity index (χ1n) is 6.93. The highest BCUT2D eigenvalue weighted by atomic mass is 32.1. The van der Waals surface area contributed by atoms with E-state index < -0.39 is 0 Å². The molecule has 2 heterocycles. The van der Waals surface area contributed by atoms with Gasteiger partial charge in [-0.2, -0.15) is 5.10 Å². The van der Waals surface area contributed by atoms with Crippen molar-refractivity contribution < 1.29 is 4.79 Å². The zero-order valence-electron chi connectivity index (χ0n) is 12.3. The van der Waals surface area contributed by atoms with E-state index in [0.717, 1.165) is 27.6 Å². The van der Waals surface area contributed by atoms with Crippen molar-refractivity contribution >= 4 is 17.1 Å². The molecule has 0 radical (unpaired) electrons. The molecule has 2 aromatic rings. The van der Waals surface area contributed by atoms with Crippen LogP contribution in [0.5, 0.6) is 0 Å². The highest BCUT2D eigenvalue weighted by Crippen LogP contribution is 2.39. The van der Waals surface area contributed by atoms with Gasteiger partial charge in [0.15, 0.2) is 5.78 Å². The van der Waals surface area contributed by atoms with Crippen LogP contribution in [0.15, 0.2) is 12.4 Å². The van der Waals surface area contributed by atoms with E-state index in [4.69, 9.17) is 0 Å². The molecule has 20 heavy (non-hydrogen) atoms. The smallest absolute Gasteiger partial charge is 0.175 e. The van der Waals surface area contributed by atoms with Crippen molar-refractivity contribution in [3.8, 4) is 10.6 Å². The van der Waals surface area contributed by atoms with Crippen LogP contribution in [-0.2, 0) is 6.42 Å².